The Morgan fingerprint density at radius 3 is 0.920 bits per heavy atom. The normalized spacial score (nSPS) is 13.3. The summed E-state index contributed by atoms with van der Waals surface area (Å²) >= 11 is 0. The van der Waals surface area contributed by atoms with Gasteiger partial charge in [0.05, 0.1) is 40.3 Å². The number of aliphatic carboxylic acids is 1. The lowest BCUT2D eigenvalue weighted by atomic mass is 10.0. The summed E-state index contributed by atoms with van der Waals surface area (Å²) in [6.45, 7) is 4.54. The van der Waals surface area contributed by atoms with Crippen molar-refractivity contribution in [3.63, 3.8) is 0 Å². The van der Waals surface area contributed by atoms with Crippen LogP contribution in [0.4, 0.5) is 0 Å². The molecule has 0 bridgehead atoms. The molecule has 0 aromatic rings. The number of hydrogen-bond donors (Lipinski definition) is 0. The Labute approximate surface area is 536 Å². The first-order valence-corrected chi connectivity index (χ1v) is 36.0. The monoisotopic (exact) mass is 1210 g/mol. The van der Waals surface area contributed by atoms with Crippen molar-refractivity contribution >= 4 is 17.9 Å². The largest absolute Gasteiger partial charge is 0.545 e. The summed E-state index contributed by atoms with van der Waals surface area (Å²) in [5, 5.41) is 11.8. The number of rotatable bonds is 66. The van der Waals surface area contributed by atoms with Crippen LogP contribution in [0, 0.1) is 0 Å². The number of carbonyl (C=O) groups is 3. The lowest BCUT2D eigenvalue weighted by Gasteiger charge is -2.26. The molecule has 0 aromatic carbocycles. The van der Waals surface area contributed by atoms with Crippen LogP contribution in [0.5, 0.6) is 0 Å². The average molecular weight is 1210 g/mol. The molecule has 0 saturated carbocycles. The van der Waals surface area contributed by atoms with E-state index in [1.54, 1.807) is 0 Å². The van der Waals surface area contributed by atoms with Gasteiger partial charge in [-0.15, -0.1) is 0 Å². The molecule has 0 radical (unpaired) electrons. The lowest BCUT2D eigenvalue weighted by molar-refractivity contribution is -0.870. The highest BCUT2D eigenvalue weighted by Crippen LogP contribution is 2.18. The molecule has 0 aliphatic rings. The van der Waals surface area contributed by atoms with Gasteiger partial charge in [-0.3, -0.25) is 9.59 Å². The smallest absolute Gasteiger partial charge is 0.306 e. The zero-order chi connectivity index (χ0) is 63.3. The van der Waals surface area contributed by atoms with E-state index in [1.807, 2.05) is 21.1 Å². The van der Waals surface area contributed by atoms with Crippen LogP contribution in [0.1, 0.15) is 309 Å². The van der Waals surface area contributed by atoms with Crippen molar-refractivity contribution in [3.05, 3.63) is 109 Å². The van der Waals surface area contributed by atoms with Gasteiger partial charge in [-0.2, -0.15) is 0 Å². The number of carbonyl (C=O) groups excluding carboxylic acids is 3. The molecule has 0 aliphatic heterocycles. The van der Waals surface area contributed by atoms with E-state index in [4.69, 9.17) is 18.9 Å². The zero-order valence-electron chi connectivity index (χ0n) is 57.1. The maximum Gasteiger partial charge on any atom is 0.306 e. The van der Waals surface area contributed by atoms with Gasteiger partial charge in [-0.05, 0) is 96.3 Å². The summed E-state index contributed by atoms with van der Waals surface area (Å²) in [6.07, 6.45) is 91.8. The first kappa shape index (κ1) is 83.0. The molecule has 0 heterocycles. The summed E-state index contributed by atoms with van der Waals surface area (Å²) in [5.41, 5.74) is 0. The summed E-state index contributed by atoms with van der Waals surface area (Å²) in [6, 6.07) is 0. The summed E-state index contributed by atoms with van der Waals surface area (Å²) in [4.78, 5) is 37.5. The van der Waals surface area contributed by atoms with Gasteiger partial charge in [0.25, 0.3) is 0 Å². The first-order valence-electron chi connectivity index (χ1n) is 36.0. The molecule has 87 heavy (non-hydrogen) atoms. The molecule has 0 saturated heterocycles. The van der Waals surface area contributed by atoms with Crippen molar-refractivity contribution in [2.75, 3.05) is 47.5 Å². The number of carboxylic acids is 1. The maximum absolute atomic E-state index is 12.9. The summed E-state index contributed by atoms with van der Waals surface area (Å²) in [5.74, 6) is -2.28. The fourth-order valence-corrected chi connectivity index (χ4v) is 10.1. The minimum atomic E-state index is -1.63. The van der Waals surface area contributed by atoms with Crippen LogP contribution in [0.3, 0.4) is 0 Å². The number of hydrogen-bond acceptors (Lipinski definition) is 8. The van der Waals surface area contributed by atoms with E-state index in [9.17, 15) is 19.5 Å². The molecular formula is C78H135NO8. The summed E-state index contributed by atoms with van der Waals surface area (Å²) < 4.78 is 22.8. The molecule has 0 N–H and O–H groups in total. The molecule has 2 atom stereocenters. The second kappa shape index (κ2) is 67.9. The topological polar surface area (TPSA) is 111 Å². The molecule has 0 aromatic heterocycles. The molecule has 0 fully saturated rings. The standard InChI is InChI=1S/C78H135NO8/c1-6-8-10-12-14-16-18-20-22-24-26-28-30-32-33-34-35-36-37-38-39-40-41-42-43-45-46-48-50-52-54-56-58-60-62-64-66-68-75(80)85-72-74(73-86-78(77(82)83)84-71-70-79(3,4)5)87-76(81)69-67-65-63-61-59-57-55-53-51-49-47-44-31-29-27-25-23-21-19-17-15-13-11-9-7-2/h8-11,14-17,20-23,26-29,44,47,74,78H,6-7,12-13,18-19,24-25,30-43,45-46,48-73H2,1-5H3/b10-8-,11-9-,16-14-,17-15-,22-20-,23-21-,28-26-,29-27-,47-44-. The van der Waals surface area contributed by atoms with Gasteiger partial charge in [0.2, 0.25) is 0 Å². The second-order valence-electron chi connectivity index (χ2n) is 25.1. The van der Waals surface area contributed by atoms with Crippen molar-refractivity contribution < 1.29 is 42.9 Å². The van der Waals surface area contributed by atoms with Gasteiger partial charge in [0.15, 0.2) is 12.4 Å². The highest BCUT2D eigenvalue weighted by atomic mass is 16.7. The fourth-order valence-electron chi connectivity index (χ4n) is 10.1. The first-order chi connectivity index (χ1) is 42.6. The van der Waals surface area contributed by atoms with Crippen LogP contribution < -0.4 is 5.11 Å². The third-order valence-corrected chi connectivity index (χ3v) is 15.5. The maximum atomic E-state index is 12.9. The van der Waals surface area contributed by atoms with Gasteiger partial charge < -0.3 is 33.3 Å². The van der Waals surface area contributed by atoms with Crippen molar-refractivity contribution in [3.8, 4) is 0 Å². The third kappa shape index (κ3) is 69.3. The number of allylic oxidation sites excluding steroid dienone is 18. The third-order valence-electron chi connectivity index (χ3n) is 15.5. The number of esters is 2. The van der Waals surface area contributed by atoms with E-state index >= 15 is 0 Å². The van der Waals surface area contributed by atoms with Crippen LogP contribution in [0.15, 0.2) is 109 Å². The van der Waals surface area contributed by atoms with Crippen molar-refractivity contribution in [1.82, 2.24) is 0 Å². The SMILES string of the molecule is CC/C=C\C/C=C\C/C=C\C/C=C\C/C=C\CCCCCCCCCCCC(=O)OC(COC(=O)CCCCCCCCCCCCCCCCCCCCCCCCCC/C=C\C/C=C\C/C=C\C/C=C\CC)COC(OCC[N+](C)(C)C)C(=O)[O-]. The van der Waals surface area contributed by atoms with Crippen molar-refractivity contribution in [2.45, 2.75) is 322 Å². The van der Waals surface area contributed by atoms with Crippen molar-refractivity contribution in [1.29, 1.82) is 0 Å². The quantitative estimate of drug-likeness (QED) is 0.0195. The van der Waals surface area contributed by atoms with Gasteiger partial charge in [0.1, 0.15) is 13.2 Å². The van der Waals surface area contributed by atoms with Crippen LogP contribution >= 0.6 is 0 Å². The second-order valence-corrected chi connectivity index (χ2v) is 25.1. The minimum Gasteiger partial charge on any atom is -0.545 e. The Kier molecular flexibility index (Phi) is 64.7. The minimum absolute atomic E-state index is 0.144. The van der Waals surface area contributed by atoms with E-state index in [-0.39, 0.29) is 38.6 Å². The Balaban J connectivity index is 4.04. The molecule has 0 rings (SSSR count). The van der Waals surface area contributed by atoms with Crippen molar-refractivity contribution in [2.24, 2.45) is 0 Å². The molecule has 0 spiro atoms. The number of carboxylic acid groups (broad SMARTS) is 1. The lowest BCUT2D eigenvalue weighted by Crippen LogP contribution is -2.44. The zero-order valence-corrected chi connectivity index (χ0v) is 57.1. The Morgan fingerprint density at radius 1 is 0.345 bits per heavy atom. The Hall–Kier alpha value is -4.05. The van der Waals surface area contributed by atoms with E-state index in [2.05, 4.69) is 123 Å². The molecule has 2 unspecified atom stereocenters. The number of unbranched alkanes of at least 4 members (excludes halogenated alkanes) is 33. The predicted octanol–water partition coefficient (Wildman–Crippen LogP) is 21.2. The Morgan fingerprint density at radius 2 is 0.621 bits per heavy atom. The van der Waals surface area contributed by atoms with Gasteiger partial charge in [-0.1, -0.05) is 309 Å². The molecule has 0 amide bonds. The number of quaternary nitrogens is 1. The van der Waals surface area contributed by atoms with E-state index < -0.39 is 24.3 Å². The van der Waals surface area contributed by atoms with Gasteiger partial charge in [-0.25, -0.2) is 0 Å². The summed E-state index contributed by atoms with van der Waals surface area (Å²) in [7, 11) is 5.93. The van der Waals surface area contributed by atoms with Crippen LogP contribution in [0.2, 0.25) is 0 Å². The predicted molar refractivity (Wildman–Crippen MR) is 370 cm³/mol. The fraction of sp³-hybridized carbons (Fsp3) is 0.731. The van der Waals surface area contributed by atoms with Crippen LogP contribution in [0.25, 0.3) is 0 Å². The molecule has 9 nitrogen and oxygen atoms in total. The molecule has 9 heteroatoms. The molecule has 0 aliphatic carbocycles. The number of nitrogens with zero attached hydrogens (tertiary/aromatic N) is 1. The van der Waals surface area contributed by atoms with E-state index in [1.165, 1.54) is 173 Å². The molecular weight excluding hydrogens is 1080 g/mol. The number of ether oxygens (including phenoxy) is 4. The van der Waals surface area contributed by atoms with E-state index in [0.29, 0.717) is 17.4 Å². The van der Waals surface area contributed by atoms with Crippen LogP contribution in [-0.2, 0) is 33.3 Å². The highest BCUT2D eigenvalue weighted by molar-refractivity contribution is 5.70. The average Bonchev–Trinajstić information content (AvgIpc) is 3.59. The Bertz CT molecular complexity index is 1800. The van der Waals surface area contributed by atoms with Gasteiger partial charge >= 0.3 is 11.9 Å². The van der Waals surface area contributed by atoms with Crippen LogP contribution in [-0.4, -0.2) is 82.3 Å². The van der Waals surface area contributed by atoms with E-state index in [0.717, 1.165) is 103 Å². The number of likely N-dealkylation sites (N-methyl/N-ethyl adjacent to an activating group) is 1. The van der Waals surface area contributed by atoms with Gasteiger partial charge in [0, 0.05) is 12.8 Å². The molecule has 500 valence electrons. The highest BCUT2D eigenvalue weighted by Gasteiger charge is 2.22.